The number of carboxylic acids is 1. The third-order valence-electron chi connectivity index (χ3n) is 1.82. The number of hydrogen-bond acceptors (Lipinski definition) is 3. The van der Waals surface area contributed by atoms with E-state index >= 15 is 0 Å². The second-order valence-electron chi connectivity index (χ2n) is 3.34. The average molecular weight is 203 g/mol. The number of nitrogens with one attached hydrogen (secondary N) is 1. The Morgan fingerprint density at radius 3 is 2.36 bits per heavy atom. The van der Waals surface area contributed by atoms with Crippen LogP contribution in [-0.2, 0) is 14.3 Å². The molecule has 2 N–H and O–H groups in total. The molecule has 0 aromatic heterocycles. The van der Waals surface area contributed by atoms with Crippen molar-refractivity contribution in [2.45, 2.75) is 13.8 Å². The molecule has 0 aliphatic heterocycles. The van der Waals surface area contributed by atoms with Crippen LogP contribution < -0.4 is 5.32 Å². The van der Waals surface area contributed by atoms with Crippen molar-refractivity contribution in [1.29, 1.82) is 0 Å². The van der Waals surface area contributed by atoms with Crippen molar-refractivity contribution < 1.29 is 19.4 Å². The van der Waals surface area contributed by atoms with Gasteiger partial charge in [-0.05, 0) is 5.92 Å². The van der Waals surface area contributed by atoms with E-state index < -0.39 is 17.8 Å². The molecule has 0 saturated heterocycles. The molecule has 1 amide bonds. The van der Waals surface area contributed by atoms with Crippen LogP contribution in [-0.4, -0.2) is 37.2 Å². The molecule has 0 radical (unpaired) electrons. The van der Waals surface area contributed by atoms with Crippen molar-refractivity contribution in [2.75, 3.05) is 20.3 Å². The summed E-state index contributed by atoms with van der Waals surface area (Å²) in [4.78, 5) is 22.1. The highest BCUT2D eigenvalue weighted by atomic mass is 16.5. The van der Waals surface area contributed by atoms with Gasteiger partial charge in [-0.2, -0.15) is 0 Å². The molecule has 1 atom stereocenters. The van der Waals surface area contributed by atoms with E-state index in [4.69, 9.17) is 9.84 Å². The van der Waals surface area contributed by atoms with Gasteiger partial charge in [-0.1, -0.05) is 13.8 Å². The second-order valence-corrected chi connectivity index (χ2v) is 3.34. The van der Waals surface area contributed by atoms with E-state index in [0.29, 0.717) is 13.2 Å². The molecular weight excluding hydrogens is 186 g/mol. The Balaban J connectivity index is 4.10. The van der Waals surface area contributed by atoms with Gasteiger partial charge in [-0.25, -0.2) is 0 Å². The van der Waals surface area contributed by atoms with Crippen LogP contribution in [0, 0.1) is 11.8 Å². The predicted molar refractivity (Wildman–Crippen MR) is 50.8 cm³/mol. The zero-order valence-corrected chi connectivity index (χ0v) is 8.74. The number of carbonyl (C=O) groups is 2. The molecule has 0 aliphatic rings. The highest BCUT2D eigenvalue weighted by molar-refractivity contribution is 5.97. The van der Waals surface area contributed by atoms with Crippen LogP contribution in [0.5, 0.6) is 0 Å². The summed E-state index contributed by atoms with van der Waals surface area (Å²) in [6.07, 6.45) is 0. The minimum atomic E-state index is -1.09. The van der Waals surface area contributed by atoms with Crippen molar-refractivity contribution in [3.05, 3.63) is 0 Å². The first-order valence-corrected chi connectivity index (χ1v) is 4.50. The number of ether oxygens (including phenoxy) is 1. The highest BCUT2D eigenvalue weighted by Crippen LogP contribution is 2.10. The zero-order valence-electron chi connectivity index (χ0n) is 8.74. The quantitative estimate of drug-likeness (QED) is 0.474. The van der Waals surface area contributed by atoms with Crippen LogP contribution in [0.1, 0.15) is 13.8 Å². The van der Waals surface area contributed by atoms with Crippen molar-refractivity contribution >= 4 is 11.9 Å². The number of aliphatic carboxylic acids is 1. The summed E-state index contributed by atoms with van der Waals surface area (Å²) in [6.45, 7) is 4.13. The third kappa shape index (κ3) is 4.23. The highest BCUT2D eigenvalue weighted by Gasteiger charge is 2.28. The van der Waals surface area contributed by atoms with Gasteiger partial charge in [0.1, 0.15) is 5.92 Å². The SMILES string of the molecule is COCCNC(=O)C(C(=O)O)C(C)C. The van der Waals surface area contributed by atoms with E-state index in [2.05, 4.69) is 5.32 Å². The molecule has 5 heteroatoms. The molecule has 0 saturated carbocycles. The molecule has 0 aromatic carbocycles. The van der Waals surface area contributed by atoms with Crippen LogP contribution >= 0.6 is 0 Å². The minimum Gasteiger partial charge on any atom is -0.481 e. The topological polar surface area (TPSA) is 75.6 Å². The Bertz CT molecular complexity index is 203. The van der Waals surface area contributed by atoms with Crippen LogP contribution in [0.3, 0.4) is 0 Å². The van der Waals surface area contributed by atoms with Crippen LogP contribution in [0.25, 0.3) is 0 Å². The van der Waals surface area contributed by atoms with E-state index in [9.17, 15) is 9.59 Å². The van der Waals surface area contributed by atoms with Gasteiger partial charge in [-0.3, -0.25) is 9.59 Å². The van der Waals surface area contributed by atoms with E-state index in [-0.39, 0.29) is 5.92 Å². The fraction of sp³-hybridized carbons (Fsp3) is 0.778. The molecule has 5 nitrogen and oxygen atoms in total. The summed E-state index contributed by atoms with van der Waals surface area (Å²) in [7, 11) is 1.52. The van der Waals surface area contributed by atoms with Gasteiger partial charge in [0.05, 0.1) is 6.61 Å². The fourth-order valence-electron chi connectivity index (χ4n) is 1.09. The standard InChI is InChI=1S/C9H17NO4/c1-6(2)7(9(12)13)8(11)10-4-5-14-3/h6-7H,4-5H2,1-3H3,(H,10,11)(H,12,13). The van der Waals surface area contributed by atoms with Crippen molar-refractivity contribution in [2.24, 2.45) is 11.8 Å². The first kappa shape index (κ1) is 12.9. The number of hydrogen-bond donors (Lipinski definition) is 2. The Kier molecular flexibility index (Phi) is 5.87. The average Bonchev–Trinajstić information content (AvgIpc) is 2.03. The van der Waals surface area contributed by atoms with E-state index in [0.717, 1.165) is 0 Å². The van der Waals surface area contributed by atoms with Gasteiger partial charge in [0.2, 0.25) is 5.91 Å². The number of carboxylic acid groups (broad SMARTS) is 1. The molecule has 82 valence electrons. The zero-order chi connectivity index (χ0) is 11.1. The molecule has 1 unspecified atom stereocenters. The Morgan fingerprint density at radius 2 is 2.00 bits per heavy atom. The van der Waals surface area contributed by atoms with Gasteiger partial charge >= 0.3 is 5.97 Å². The monoisotopic (exact) mass is 203 g/mol. The summed E-state index contributed by atoms with van der Waals surface area (Å²) in [5.41, 5.74) is 0. The van der Waals surface area contributed by atoms with Gasteiger partial charge in [0, 0.05) is 13.7 Å². The molecule has 0 spiro atoms. The lowest BCUT2D eigenvalue weighted by Gasteiger charge is -2.15. The molecular formula is C9H17NO4. The summed E-state index contributed by atoms with van der Waals surface area (Å²) >= 11 is 0. The lowest BCUT2D eigenvalue weighted by molar-refractivity contribution is -0.148. The molecule has 0 bridgehead atoms. The maximum atomic E-state index is 11.4. The summed E-state index contributed by atoms with van der Waals surface area (Å²) < 4.78 is 4.73. The van der Waals surface area contributed by atoms with Crippen molar-refractivity contribution in [3.63, 3.8) is 0 Å². The van der Waals surface area contributed by atoms with Gasteiger partial charge < -0.3 is 15.2 Å². The maximum absolute atomic E-state index is 11.4. The lowest BCUT2D eigenvalue weighted by atomic mass is 9.95. The second kappa shape index (κ2) is 6.37. The van der Waals surface area contributed by atoms with E-state index in [1.807, 2.05) is 0 Å². The number of rotatable bonds is 6. The summed E-state index contributed by atoms with van der Waals surface area (Å²) in [5, 5.41) is 11.3. The predicted octanol–water partition coefficient (Wildman–Crippen LogP) is 0.106. The first-order chi connectivity index (χ1) is 6.50. The largest absolute Gasteiger partial charge is 0.481 e. The molecule has 0 rings (SSSR count). The van der Waals surface area contributed by atoms with Gasteiger partial charge in [-0.15, -0.1) is 0 Å². The van der Waals surface area contributed by atoms with Gasteiger partial charge in [0.15, 0.2) is 0 Å². The van der Waals surface area contributed by atoms with Crippen LogP contribution in [0.15, 0.2) is 0 Å². The van der Waals surface area contributed by atoms with Crippen LogP contribution in [0.2, 0.25) is 0 Å². The Hall–Kier alpha value is -1.10. The fourth-order valence-corrected chi connectivity index (χ4v) is 1.09. The van der Waals surface area contributed by atoms with Crippen molar-refractivity contribution in [1.82, 2.24) is 5.32 Å². The summed E-state index contributed by atoms with van der Waals surface area (Å²) in [6, 6.07) is 0. The Morgan fingerprint density at radius 1 is 1.43 bits per heavy atom. The molecule has 0 aromatic rings. The molecule has 0 aliphatic carbocycles. The minimum absolute atomic E-state index is 0.213. The van der Waals surface area contributed by atoms with Crippen molar-refractivity contribution in [3.8, 4) is 0 Å². The maximum Gasteiger partial charge on any atom is 0.316 e. The number of methoxy groups -OCH3 is 1. The first-order valence-electron chi connectivity index (χ1n) is 4.50. The molecule has 14 heavy (non-hydrogen) atoms. The molecule has 0 heterocycles. The molecule has 0 fully saturated rings. The smallest absolute Gasteiger partial charge is 0.316 e. The van der Waals surface area contributed by atoms with Crippen LogP contribution in [0.4, 0.5) is 0 Å². The Labute approximate surface area is 83.4 Å². The number of amides is 1. The van der Waals surface area contributed by atoms with E-state index in [1.165, 1.54) is 7.11 Å². The lowest BCUT2D eigenvalue weighted by Crippen LogP contribution is -2.39. The van der Waals surface area contributed by atoms with Gasteiger partial charge in [0.25, 0.3) is 0 Å². The number of carbonyl (C=O) groups excluding carboxylic acids is 1. The normalized spacial score (nSPS) is 12.6. The third-order valence-corrected chi connectivity index (χ3v) is 1.82. The summed E-state index contributed by atoms with van der Waals surface area (Å²) in [5.74, 6) is -2.73. The van der Waals surface area contributed by atoms with E-state index in [1.54, 1.807) is 13.8 Å².